The van der Waals surface area contributed by atoms with E-state index in [4.69, 9.17) is 0 Å². The first-order valence-electron chi connectivity index (χ1n) is 8.64. The Balaban J connectivity index is 1.76. The number of nitrogens with zero attached hydrogens (tertiary/aromatic N) is 1. The van der Waals surface area contributed by atoms with E-state index in [0.29, 0.717) is 16.8 Å². The number of hydrogen-bond donors (Lipinski definition) is 2. The molecule has 136 valence electrons. The molecule has 5 nitrogen and oxygen atoms in total. The third-order valence-corrected chi connectivity index (χ3v) is 4.42. The summed E-state index contributed by atoms with van der Waals surface area (Å²) in [5, 5.41) is 5.69. The van der Waals surface area contributed by atoms with E-state index in [2.05, 4.69) is 15.6 Å². The number of rotatable bonds is 4. The molecule has 0 saturated heterocycles. The summed E-state index contributed by atoms with van der Waals surface area (Å²) in [6.07, 6.45) is 2.89. The van der Waals surface area contributed by atoms with Crippen LogP contribution in [0.3, 0.4) is 0 Å². The molecule has 3 aromatic rings. The number of aromatic nitrogens is 1. The van der Waals surface area contributed by atoms with Gasteiger partial charge in [-0.3, -0.25) is 14.6 Å². The highest BCUT2D eigenvalue weighted by atomic mass is 16.2. The lowest BCUT2D eigenvalue weighted by Gasteiger charge is -2.11. The maximum Gasteiger partial charge on any atom is 0.257 e. The van der Waals surface area contributed by atoms with Crippen molar-refractivity contribution in [1.29, 1.82) is 0 Å². The molecule has 0 fully saturated rings. The first-order valence-corrected chi connectivity index (χ1v) is 8.64. The molecule has 0 aliphatic rings. The van der Waals surface area contributed by atoms with Crippen LogP contribution in [-0.4, -0.2) is 16.8 Å². The van der Waals surface area contributed by atoms with Gasteiger partial charge in [0.25, 0.3) is 11.8 Å². The van der Waals surface area contributed by atoms with E-state index in [0.717, 1.165) is 22.4 Å². The topological polar surface area (TPSA) is 71.1 Å². The maximum atomic E-state index is 12.6. The molecule has 1 aromatic heterocycles. The minimum absolute atomic E-state index is 0.304. The zero-order valence-corrected chi connectivity index (χ0v) is 15.5. The largest absolute Gasteiger partial charge is 0.322 e. The van der Waals surface area contributed by atoms with Crippen molar-refractivity contribution >= 4 is 23.2 Å². The molecule has 2 amide bonds. The van der Waals surface area contributed by atoms with E-state index < -0.39 is 0 Å². The lowest BCUT2D eigenvalue weighted by atomic mass is 10.1. The van der Waals surface area contributed by atoms with Gasteiger partial charge in [-0.1, -0.05) is 29.8 Å². The van der Waals surface area contributed by atoms with Crippen molar-refractivity contribution in [2.45, 2.75) is 20.8 Å². The van der Waals surface area contributed by atoms with Gasteiger partial charge in [-0.2, -0.15) is 0 Å². The minimum atomic E-state index is -0.312. The summed E-state index contributed by atoms with van der Waals surface area (Å²) in [5.41, 5.74) is 5.30. The second-order valence-electron chi connectivity index (χ2n) is 6.48. The van der Waals surface area contributed by atoms with Crippen molar-refractivity contribution in [3.63, 3.8) is 0 Å². The van der Waals surface area contributed by atoms with Crippen molar-refractivity contribution in [2.75, 3.05) is 10.6 Å². The molecule has 2 N–H and O–H groups in total. The molecule has 0 unspecified atom stereocenters. The molecule has 0 aliphatic heterocycles. The molecule has 1 heterocycles. The van der Waals surface area contributed by atoms with E-state index in [-0.39, 0.29) is 11.8 Å². The van der Waals surface area contributed by atoms with Gasteiger partial charge in [0.2, 0.25) is 0 Å². The monoisotopic (exact) mass is 359 g/mol. The van der Waals surface area contributed by atoms with E-state index in [1.54, 1.807) is 0 Å². The highest BCUT2D eigenvalue weighted by Crippen LogP contribution is 2.19. The van der Waals surface area contributed by atoms with E-state index in [1.165, 1.54) is 18.5 Å². The van der Waals surface area contributed by atoms with Crippen molar-refractivity contribution in [3.05, 3.63) is 88.7 Å². The number of pyridine rings is 1. The van der Waals surface area contributed by atoms with E-state index in [9.17, 15) is 9.59 Å². The van der Waals surface area contributed by atoms with Crippen LogP contribution in [0.2, 0.25) is 0 Å². The van der Waals surface area contributed by atoms with Crippen LogP contribution in [0.25, 0.3) is 0 Å². The molecule has 0 saturated carbocycles. The van der Waals surface area contributed by atoms with Crippen LogP contribution in [0.4, 0.5) is 11.4 Å². The van der Waals surface area contributed by atoms with Gasteiger partial charge in [0.05, 0.1) is 11.1 Å². The minimum Gasteiger partial charge on any atom is -0.322 e. The summed E-state index contributed by atoms with van der Waals surface area (Å²) in [6, 6.07) is 14.8. The second kappa shape index (κ2) is 7.83. The number of carbonyl (C=O) groups is 2. The molecule has 0 bridgehead atoms. The molecule has 0 radical (unpaired) electrons. The Morgan fingerprint density at radius 3 is 2.11 bits per heavy atom. The van der Waals surface area contributed by atoms with E-state index >= 15 is 0 Å². The smallest absolute Gasteiger partial charge is 0.257 e. The lowest BCUT2D eigenvalue weighted by molar-refractivity contribution is 0.102. The Labute approximate surface area is 158 Å². The summed E-state index contributed by atoms with van der Waals surface area (Å²) in [5.74, 6) is -0.617. The normalized spacial score (nSPS) is 10.3. The Kier molecular flexibility index (Phi) is 5.31. The standard InChI is InChI=1S/C22H21N3O2/c1-14-7-9-19(10-8-14)24-21(26)17-11-18(13-23-12-17)22(27)25-20-6-4-5-15(2)16(20)3/h4-13H,1-3H3,(H,24,26)(H,25,27). The summed E-state index contributed by atoms with van der Waals surface area (Å²) in [6.45, 7) is 5.92. The van der Waals surface area contributed by atoms with Crippen LogP contribution in [-0.2, 0) is 0 Å². The van der Waals surface area contributed by atoms with Gasteiger partial charge >= 0.3 is 0 Å². The quantitative estimate of drug-likeness (QED) is 0.720. The van der Waals surface area contributed by atoms with Gasteiger partial charge in [-0.25, -0.2) is 0 Å². The first-order chi connectivity index (χ1) is 12.9. The van der Waals surface area contributed by atoms with Crippen LogP contribution < -0.4 is 10.6 Å². The number of carbonyl (C=O) groups excluding carboxylic acids is 2. The van der Waals surface area contributed by atoms with Crippen molar-refractivity contribution in [3.8, 4) is 0 Å². The number of aryl methyl sites for hydroxylation is 2. The van der Waals surface area contributed by atoms with Crippen molar-refractivity contribution in [2.24, 2.45) is 0 Å². The van der Waals surface area contributed by atoms with Gasteiger partial charge in [0.15, 0.2) is 0 Å². The van der Waals surface area contributed by atoms with E-state index in [1.807, 2.05) is 63.2 Å². The molecule has 3 rings (SSSR count). The molecule has 27 heavy (non-hydrogen) atoms. The summed E-state index contributed by atoms with van der Waals surface area (Å²) in [7, 11) is 0. The van der Waals surface area contributed by atoms with Crippen LogP contribution in [0.5, 0.6) is 0 Å². The van der Waals surface area contributed by atoms with Crippen LogP contribution in [0.15, 0.2) is 60.9 Å². The fourth-order valence-corrected chi connectivity index (χ4v) is 2.61. The first kappa shape index (κ1) is 18.3. The number of anilines is 2. The average Bonchev–Trinajstić information content (AvgIpc) is 2.67. The Morgan fingerprint density at radius 2 is 1.44 bits per heavy atom. The average molecular weight is 359 g/mol. The molecule has 0 atom stereocenters. The highest BCUT2D eigenvalue weighted by molar-refractivity contribution is 6.08. The summed E-state index contributed by atoms with van der Waals surface area (Å²) >= 11 is 0. The number of hydrogen-bond acceptors (Lipinski definition) is 3. The van der Waals surface area contributed by atoms with Crippen molar-refractivity contribution < 1.29 is 9.59 Å². The third kappa shape index (κ3) is 4.39. The zero-order valence-electron chi connectivity index (χ0n) is 15.5. The third-order valence-electron chi connectivity index (χ3n) is 4.42. The van der Waals surface area contributed by atoms with Gasteiger partial charge in [-0.05, 0) is 56.2 Å². The van der Waals surface area contributed by atoms with Gasteiger partial charge in [-0.15, -0.1) is 0 Å². The Bertz CT molecular complexity index is 995. The lowest BCUT2D eigenvalue weighted by Crippen LogP contribution is -2.16. The molecule has 2 aromatic carbocycles. The van der Waals surface area contributed by atoms with Gasteiger partial charge < -0.3 is 10.6 Å². The highest BCUT2D eigenvalue weighted by Gasteiger charge is 2.13. The fourth-order valence-electron chi connectivity index (χ4n) is 2.61. The SMILES string of the molecule is Cc1ccc(NC(=O)c2cncc(C(=O)Nc3cccc(C)c3C)c2)cc1. The number of amides is 2. The van der Waals surface area contributed by atoms with Crippen molar-refractivity contribution in [1.82, 2.24) is 4.98 Å². The second-order valence-corrected chi connectivity index (χ2v) is 6.48. The predicted molar refractivity (Wildman–Crippen MR) is 107 cm³/mol. The van der Waals surface area contributed by atoms with Crippen LogP contribution >= 0.6 is 0 Å². The van der Waals surface area contributed by atoms with Crippen LogP contribution in [0.1, 0.15) is 37.4 Å². The van der Waals surface area contributed by atoms with Gasteiger partial charge in [0, 0.05) is 23.8 Å². The van der Waals surface area contributed by atoms with Crippen LogP contribution in [0, 0.1) is 20.8 Å². The molecular formula is C22H21N3O2. The predicted octanol–water partition coefficient (Wildman–Crippen LogP) is 4.51. The molecule has 0 aliphatic carbocycles. The Morgan fingerprint density at radius 1 is 0.815 bits per heavy atom. The number of nitrogens with one attached hydrogen (secondary N) is 2. The summed E-state index contributed by atoms with van der Waals surface area (Å²) in [4.78, 5) is 29.1. The molecule has 5 heteroatoms. The molecular weight excluding hydrogens is 338 g/mol. The summed E-state index contributed by atoms with van der Waals surface area (Å²) < 4.78 is 0. The Hall–Kier alpha value is -3.47. The fraction of sp³-hybridized carbons (Fsp3) is 0.136. The maximum absolute atomic E-state index is 12.6. The number of benzene rings is 2. The van der Waals surface area contributed by atoms with Gasteiger partial charge in [0.1, 0.15) is 0 Å². The zero-order chi connectivity index (χ0) is 19.4. The molecule has 0 spiro atoms.